The van der Waals surface area contributed by atoms with Crippen LogP contribution >= 0.6 is 0 Å². The summed E-state index contributed by atoms with van der Waals surface area (Å²) in [6, 6.07) is 13.2. The molecule has 278 valence electrons. The van der Waals surface area contributed by atoms with Gasteiger partial charge in [-0.2, -0.15) is 0 Å². The second-order valence-corrected chi connectivity index (χ2v) is 12.0. The highest BCUT2D eigenvalue weighted by Gasteiger charge is 2.37. The molecule has 2 aliphatic rings. The molecule has 0 spiro atoms. The summed E-state index contributed by atoms with van der Waals surface area (Å²) in [5.74, 6) is -0.872. The number of rotatable bonds is 8. The molecule has 1 fully saturated rings. The molecule has 1 saturated heterocycles. The molecule has 0 saturated carbocycles. The standard InChI is InChI=1S/C36H41FN4O8.CH2O2/c1-5-10-40-20-32(42)39-29-18-41(33(43)6-2)19-31(29)48-21-22-11-26(37)16-27(12-22)49-28-14-24(13-25(15-28)36(40)45)35(44)38-17-23-8-7-9-30(46-3)34(23)47-4;2-1-3/h7-9,11-16,29,31H,5-6,10,17-21H2,1-4H3,(H,38,44)(H,39,42);1H,(H,2,3)/t29-,31-;/m1./s1. The fourth-order valence-corrected chi connectivity index (χ4v) is 6.02. The molecule has 0 unspecified atom stereocenters. The number of nitrogens with zero attached hydrogens (tertiary/aromatic N) is 2. The molecular formula is C37H43FN4O10. The first kappa shape index (κ1) is 39.1. The fourth-order valence-electron chi connectivity index (χ4n) is 6.02. The fraction of sp³-hybridized carbons (Fsp3) is 0.378. The topological polar surface area (TPSA) is 173 Å². The Morgan fingerprint density at radius 2 is 1.81 bits per heavy atom. The summed E-state index contributed by atoms with van der Waals surface area (Å²) in [5, 5.41) is 12.7. The van der Waals surface area contributed by atoms with Crippen molar-refractivity contribution in [3.63, 3.8) is 0 Å². The van der Waals surface area contributed by atoms with Crippen LogP contribution in [0.4, 0.5) is 4.39 Å². The Kier molecular flexibility index (Phi) is 13.9. The first-order chi connectivity index (χ1) is 25.0. The van der Waals surface area contributed by atoms with Crippen LogP contribution in [-0.4, -0.2) is 97.6 Å². The van der Waals surface area contributed by atoms with E-state index in [1.807, 2.05) is 6.92 Å². The smallest absolute Gasteiger partial charge is 0.290 e. The molecule has 0 aliphatic carbocycles. The van der Waals surface area contributed by atoms with Crippen LogP contribution in [0.25, 0.3) is 0 Å². The number of hydrogen-bond donors (Lipinski definition) is 3. The number of ether oxygens (including phenoxy) is 4. The number of halogens is 1. The van der Waals surface area contributed by atoms with E-state index in [0.29, 0.717) is 35.5 Å². The van der Waals surface area contributed by atoms with Crippen LogP contribution in [0.2, 0.25) is 0 Å². The van der Waals surface area contributed by atoms with Crippen LogP contribution in [0.15, 0.2) is 54.6 Å². The van der Waals surface area contributed by atoms with Crippen LogP contribution in [0.3, 0.4) is 0 Å². The van der Waals surface area contributed by atoms with Gasteiger partial charge in [-0.1, -0.05) is 26.0 Å². The van der Waals surface area contributed by atoms with Gasteiger partial charge in [-0.05, 0) is 48.4 Å². The van der Waals surface area contributed by atoms with Gasteiger partial charge in [0.25, 0.3) is 18.3 Å². The van der Waals surface area contributed by atoms with Crippen molar-refractivity contribution in [2.75, 3.05) is 40.4 Å². The van der Waals surface area contributed by atoms with Crippen molar-refractivity contribution in [2.45, 2.75) is 52.0 Å². The highest BCUT2D eigenvalue weighted by atomic mass is 19.1. The van der Waals surface area contributed by atoms with E-state index in [1.165, 1.54) is 49.5 Å². The number of likely N-dealkylation sites (tertiary alicyclic amines) is 1. The summed E-state index contributed by atoms with van der Waals surface area (Å²) in [5.41, 5.74) is 1.34. The van der Waals surface area contributed by atoms with E-state index in [9.17, 15) is 23.6 Å². The van der Waals surface area contributed by atoms with Crippen molar-refractivity contribution in [1.82, 2.24) is 20.4 Å². The maximum absolute atomic E-state index is 14.8. The van der Waals surface area contributed by atoms with Gasteiger partial charge in [-0.25, -0.2) is 4.39 Å². The number of carbonyl (C=O) groups is 5. The average Bonchev–Trinajstić information content (AvgIpc) is 3.53. The Labute approximate surface area is 300 Å². The molecule has 14 nitrogen and oxygen atoms in total. The number of nitrogens with one attached hydrogen (secondary N) is 2. The Bertz CT molecular complexity index is 1770. The summed E-state index contributed by atoms with van der Waals surface area (Å²) < 4.78 is 37.9. The van der Waals surface area contributed by atoms with E-state index in [2.05, 4.69) is 10.6 Å². The zero-order valence-corrected chi connectivity index (χ0v) is 29.5. The third-order valence-corrected chi connectivity index (χ3v) is 8.35. The van der Waals surface area contributed by atoms with E-state index >= 15 is 0 Å². The highest BCUT2D eigenvalue weighted by Crippen LogP contribution is 2.31. The minimum atomic E-state index is -0.581. The number of hydrogen-bond acceptors (Lipinski definition) is 9. The molecule has 4 amide bonds. The zero-order valence-electron chi connectivity index (χ0n) is 29.5. The second-order valence-electron chi connectivity index (χ2n) is 12.0. The van der Waals surface area contributed by atoms with Crippen molar-refractivity contribution in [3.8, 4) is 23.0 Å². The molecule has 2 atom stereocenters. The summed E-state index contributed by atoms with van der Waals surface area (Å²) in [6.07, 6.45) is 0.302. The maximum atomic E-state index is 14.8. The summed E-state index contributed by atoms with van der Waals surface area (Å²) in [6.45, 7) is 3.96. The van der Waals surface area contributed by atoms with Crippen LogP contribution < -0.4 is 24.8 Å². The van der Waals surface area contributed by atoms with E-state index in [4.69, 9.17) is 28.8 Å². The number of fused-ring (bicyclic) bond motifs is 5. The Balaban J connectivity index is 0.00000195. The zero-order chi connectivity index (χ0) is 37.8. The number of benzene rings is 3. The number of carboxylic acid groups (broad SMARTS) is 1. The van der Waals surface area contributed by atoms with Gasteiger partial charge in [0.1, 0.15) is 17.3 Å². The number of carbonyl (C=O) groups excluding carboxylic acids is 4. The van der Waals surface area contributed by atoms with Gasteiger partial charge >= 0.3 is 0 Å². The Hall–Kier alpha value is -5.70. The largest absolute Gasteiger partial charge is 0.493 e. The van der Waals surface area contributed by atoms with Crippen molar-refractivity contribution < 1.29 is 52.4 Å². The van der Waals surface area contributed by atoms with Crippen LogP contribution in [0.5, 0.6) is 23.0 Å². The van der Waals surface area contributed by atoms with Gasteiger partial charge in [0.05, 0.1) is 39.5 Å². The lowest BCUT2D eigenvalue weighted by molar-refractivity contribution is -0.130. The summed E-state index contributed by atoms with van der Waals surface area (Å²) in [4.78, 5) is 64.8. The lowest BCUT2D eigenvalue weighted by Gasteiger charge is -2.25. The van der Waals surface area contributed by atoms with Gasteiger partial charge in [-0.15, -0.1) is 0 Å². The molecule has 0 aromatic heterocycles. The predicted molar refractivity (Wildman–Crippen MR) is 186 cm³/mol. The number of methoxy groups -OCH3 is 2. The average molecular weight is 723 g/mol. The predicted octanol–water partition coefficient (Wildman–Crippen LogP) is 3.75. The molecule has 0 radical (unpaired) electrons. The number of para-hydroxylation sites is 1. The minimum Gasteiger partial charge on any atom is -0.493 e. The van der Waals surface area contributed by atoms with Gasteiger partial charge in [0, 0.05) is 55.4 Å². The van der Waals surface area contributed by atoms with Crippen molar-refractivity contribution in [1.29, 1.82) is 0 Å². The van der Waals surface area contributed by atoms with Crippen molar-refractivity contribution >= 4 is 30.1 Å². The van der Waals surface area contributed by atoms with E-state index in [-0.39, 0.29) is 74.3 Å². The molecular weight excluding hydrogens is 679 g/mol. The third kappa shape index (κ3) is 9.96. The normalized spacial score (nSPS) is 17.1. The molecule has 3 aromatic rings. The molecule has 3 N–H and O–H groups in total. The molecule has 3 aromatic carbocycles. The van der Waals surface area contributed by atoms with E-state index < -0.39 is 35.7 Å². The molecule has 15 heteroatoms. The molecule has 5 rings (SSSR count). The molecule has 2 heterocycles. The van der Waals surface area contributed by atoms with Crippen molar-refractivity contribution in [2.24, 2.45) is 0 Å². The molecule has 52 heavy (non-hydrogen) atoms. The molecule has 2 aliphatic heterocycles. The van der Waals surface area contributed by atoms with Crippen LogP contribution in [0.1, 0.15) is 58.5 Å². The van der Waals surface area contributed by atoms with Gasteiger partial charge in [-0.3, -0.25) is 24.0 Å². The third-order valence-electron chi connectivity index (χ3n) is 8.35. The van der Waals surface area contributed by atoms with Crippen molar-refractivity contribution in [3.05, 3.63) is 82.7 Å². The van der Waals surface area contributed by atoms with Gasteiger partial charge in [0.2, 0.25) is 11.8 Å². The SMILES string of the molecule is CCCN1CC(=O)N[C@@H]2CN(C(=O)CC)C[C@H]2OCc2cc(F)cc(c2)Oc2cc(C(=O)NCc3cccc(OC)c3OC)cc(c2)C1=O.O=CO. The molecule has 4 bridgehead atoms. The Morgan fingerprint density at radius 3 is 2.50 bits per heavy atom. The Morgan fingerprint density at radius 1 is 1.06 bits per heavy atom. The van der Waals surface area contributed by atoms with Crippen LogP contribution in [0, 0.1) is 5.82 Å². The quantitative estimate of drug-likeness (QED) is 0.291. The van der Waals surface area contributed by atoms with Gasteiger partial charge in [0.15, 0.2) is 11.5 Å². The highest BCUT2D eigenvalue weighted by molar-refractivity contribution is 6.01. The van der Waals surface area contributed by atoms with E-state index in [0.717, 1.165) is 0 Å². The maximum Gasteiger partial charge on any atom is 0.290 e. The first-order valence-electron chi connectivity index (χ1n) is 16.7. The summed E-state index contributed by atoms with van der Waals surface area (Å²) in [7, 11) is 3.02. The minimum absolute atomic E-state index is 0.0127. The first-order valence-corrected chi connectivity index (χ1v) is 16.7. The van der Waals surface area contributed by atoms with Crippen LogP contribution in [-0.2, 0) is 32.3 Å². The lowest BCUT2D eigenvalue weighted by atomic mass is 10.1. The lowest BCUT2D eigenvalue weighted by Crippen LogP contribution is -2.49. The van der Waals surface area contributed by atoms with E-state index in [1.54, 1.807) is 36.1 Å². The summed E-state index contributed by atoms with van der Waals surface area (Å²) >= 11 is 0. The number of amides is 4. The second kappa shape index (κ2) is 18.5. The monoisotopic (exact) mass is 722 g/mol. The van der Waals surface area contributed by atoms with Gasteiger partial charge < -0.3 is 44.5 Å².